The number of nitrogens with two attached hydrogens (primary N) is 2. The van der Waals surface area contributed by atoms with Crippen molar-refractivity contribution in [3.05, 3.63) is 70.0 Å². The zero-order valence-corrected chi connectivity index (χ0v) is 26.2. The first kappa shape index (κ1) is 35.0. The van der Waals surface area contributed by atoms with Crippen LogP contribution in [0, 0.1) is 5.41 Å². The fourth-order valence-corrected chi connectivity index (χ4v) is 4.69. The van der Waals surface area contributed by atoms with Gasteiger partial charge in [0.2, 0.25) is 5.91 Å². The number of amides is 2. The third-order valence-electron chi connectivity index (χ3n) is 7.05. The molecule has 14 heteroatoms. The third-order valence-corrected chi connectivity index (χ3v) is 7.33. The maximum Gasteiger partial charge on any atom is 0.280 e. The smallest absolute Gasteiger partial charge is 0.280 e. The minimum absolute atomic E-state index is 0.0455. The van der Waals surface area contributed by atoms with Crippen LogP contribution in [-0.4, -0.2) is 57.1 Å². The summed E-state index contributed by atoms with van der Waals surface area (Å²) in [7, 11) is 0. The number of benzene rings is 2. The Labute approximate surface area is 267 Å². The summed E-state index contributed by atoms with van der Waals surface area (Å²) in [6, 6.07) is 13.5. The van der Waals surface area contributed by atoms with Crippen molar-refractivity contribution in [2.24, 2.45) is 0 Å². The Morgan fingerprint density at radius 1 is 1.00 bits per heavy atom. The lowest BCUT2D eigenvalue weighted by molar-refractivity contribution is -0.114. The summed E-state index contributed by atoms with van der Waals surface area (Å²) in [5.41, 5.74) is 14.4. The summed E-state index contributed by atoms with van der Waals surface area (Å²) in [4.78, 5) is 31.2. The second-order valence-electron chi connectivity index (χ2n) is 10.8. The van der Waals surface area contributed by atoms with E-state index in [2.05, 4.69) is 62.4 Å². The molecule has 0 aliphatic carbocycles. The van der Waals surface area contributed by atoms with Crippen molar-refractivity contribution in [2.45, 2.75) is 64.5 Å². The van der Waals surface area contributed by atoms with E-state index in [4.69, 9.17) is 28.5 Å². The number of aromatic nitrogens is 2. The Hall–Kier alpha value is -4.46. The van der Waals surface area contributed by atoms with Gasteiger partial charge in [-0.3, -0.25) is 20.3 Å². The summed E-state index contributed by atoms with van der Waals surface area (Å²) >= 11 is 5.80. The third kappa shape index (κ3) is 11.5. The van der Waals surface area contributed by atoms with E-state index in [9.17, 15) is 19.8 Å². The molecule has 2 atom stereocenters. The Bertz CT molecular complexity index is 1470. The molecule has 0 bridgehead atoms. The number of phenols is 1. The van der Waals surface area contributed by atoms with Gasteiger partial charge in [-0.15, -0.1) is 0 Å². The monoisotopic (exact) mass is 639 g/mol. The van der Waals surface area contributed by atoms with E-state index < -0.39 is 12.0 Å². The predicted molar refractivity (Wildman–Crippen MR) is 176 cm³/mol. The van der Waals surface area contributed by atoms with Gasteiger partial charge in [0.15, 0.2) is 28.4 Å². The molecular weight excluding hydrogens is 598 g/mol. The van der Waals surface area contributed by atoms with Crippen LogP contribution in [-0.2, 0) is 17.6 Å². The number of unbranched alkanes of at least 4 members (excludes halogenated alkanes) is 1. The highest BCUT2D eigenvalue weighted by Gasteiger charge is 2.17. The largest absolute Gasteiger partial charge is 0.506 e. The molecule has 1 heterocycles. The molecule has 45 heavy (non-hydrogen) atoms. The first-order chi connectivity index (χ1) is 21.4. The number of anilines is 3. The van der Waals surface area contributed by atoms with Gasteiger partial charge in [0.25, 0.3) is 5.91 Å². The number of aliphatic hydroxyl groups excluding tert-OH is 1. The average molecular weight is 640 g/mol. The molecular formula is C31H42ClN9O4. The van der Waals surface area contributed by atoms with Crippen LogP contribution in [0.4, 0.5) is 17.3 Å². The standard InChI is InChI=1S/C31H42ClN9O4/c1-18(37-17-25(44)22-13-14-24(43)23(16-22)38-19(2)42)6-5-8-21-11-9-20(10-12-21)7-3-4-15-36-31(35)41-30(45)26-28(33)40-29(34)27(32)39-26/h9-14,16,18,25,37,43-44H,3-8,15,17H2,1-2H3,(H,38,42)(H4,33,34,40)(H3,35,36,41,45)/t18-,25-/m0/s1. The first-order valence-corrected chi connectivity index (χ1v) is 15.1. The van der Waals surface area contributed by atoms with Gasteiger partial charge in [0.1, 0.15) is 5.75 Å². The number of nitrogen functional groups attached to an aromatic ring is 2. The summed E-state index contributed by atoms with van der Waals surface area (Å²) in [6.45, 7) is 4.31. The number of hydrogen-bond acceptors (Lipinski definition) is 10. The summed E-state index contributed by atoms with van der Waals surface area (Å²) in [5, 5.41) is 39.4. The second kappa shape index (κ2) is 17.1. The SMILES string of the molecule is CC(=O)Nc1cc([C@@H](O)CN[C@@H](C)CCCc2ccc(CCCCNC(=N)NC(=O)c3nc(Cl)c(N)nc3N)cc2)ccc1O. The number of nitrogens with one attached hydrogen (secondary N) is 5. The van der Waals surface area contributed by atoms with Crippen LogP contribution in [0.3, 0.4) is 0 Å². The molecule has 3 aromatic rings. The molecule has 2 amide bonds. The normalized spacial score (nSPS) is 12.3. The second-order valence-corrected chi connectivity index (χ2v) is 11.2. The number of nitrogens with zero attached hydrogens (tertiary/aromatic N) is 2. The highest BCUT2D eigenvalue weighted by atomic mass is 35.5. The molecule has 1 aromatic heterocycles. The quantitative estimate of drug-likeness (QED) is 0.0510. The van der Waals surface area contributed by atoms with Gasteiger partial charge >= 0.3 is 0 Å². The molecule has 0 aliphatic rings. The van der Waals surface area contributed by atoms with Crippen LogP contribution in [0.5, 0.6) is 5.75 Å². The number of carbonyl (C=O) groups excluding carboxylic acids is 2. The van der Waals surface area contributed by atoms with Crippen LogP contribution < -0.4 is 32.7 Å². The fraction of sp³-hybridized carbons (Fsp3) is 0.387. The Morgan fingerprint density at radius 3 is 2.33 bits per heavy atom. The lowest BCUT2D eigenvalue weighted by atomic mass is 10.0. The van der Waals surface area contributed by atoms with Crippen LogP contribution in [0.25, 0.3) is 0 Å². The highest BCUT2D eigenvalue weighted by molar-refractivity contribution is 6.31. The van der Waals surface area contributed by atoms with E-state index in [0.717, 1.165) is 38.5 Å². The molecule has 0 unspecified atom stereocenters. The predicted octanol–water partition coefficient (Wildman–Crippen LogP) is 3.27. The van der Waals surface area contributed by atoms with E-state index >= 15 is 0 Å². The van der Waals surface area contributed by atoms with Gasteiger partial charge < -0.3 is 37.6 Å². The van der Waals surface area contributed by atoms with Crippen molar-refractivity contribution in [3.63, 3.8) is 0 Å². The van der Waals surface area contributed by atoms with Gasteiger partial charge in [0, 0.05) is 26.1 Å². The number of rotatable bonds is 15. The van der Waals surface area contributed by atoms with Crippen molar-refractivity contribution in [2.75, 3.05) is 29.9 Å². The molecule has 2 aromatic carbocycles. The molecule has 0 aliphatic heterocycles. The fourth-order valence-electron chi connectivity index (χ4n) is 4.56. The number of aryl methyl sites for hydroxylation is 2. The lowest BCUT2D eigenvalue weighted by Gasteiger charge is -2.18. The Morgan fingerprint density at radius 2 is 1.67 bits per heavy atom. The van der Waals surface area contributed by atoms with Crippen LogP contribution in [0.1, 0.15) is 72.8 Å². The van der Waals surface area contributed by atoms with E-state index in [1.807, 2.05) is 0 Å². The topological polar surface area (TPSA) is 224 Å². The molecule has 3 rings (SSSR count). The van der Waals surface area contributed by atoms with Crippen molar-refractivity contribution >= 4 is 46.7 Å². The first-order valence-electron chi connectivity index (χ1n) is 14.7. The number of phenolic OH excluding ortho intramolecular Hbond substituents is 1. The van der Waals surface area contributed by atoms with Gasteiger partial charge in [-0.2, -0.15) is 0 Å². The molecule has 0 saturated heterocycles. The molecule has 0 spiro atoms. The molecule has 0 fully saturated rings. The molecule has 0 saturated carbocycles. The molecule has 0 radical (unpaired) electrons. The number of halogens is 1. The minimum Gasteiger partial charge on any atom is -0.506 e. The summed E-state index contributed by atoms with van der Waals surface area (Å²) in [6.07, 6.45) is 4.73. The van der Waals surface area contributed by atoms with E-state index in [1.54, 1.807) is 12.1 Å². The minimum atomic E-state index is -0.771. The van der Waals surface area contributed by atoms with E-state index in [0.29, 0.717) is 18.7 Å². The Balaban J connectivity index is 1.29. The van der Waals surface area contributed by atoms with Crippen molar-refractivity contribution in [1.82, 2.24) is 25.9 Å². The maximum atomic E-state index is 12.3. The van der Waals surface area contributed by atoms with E-state index in [-0.39, 0.29) is 51.8 Å². The summed E-state index contributed by atoms with van der Waals surface area (Å²) < 4.78 is 0. The van der Waals surface area contributed by atoms with Crippen molar-refractivity contribution < 1.29 is 19.8 Å². The van der Waals surface area contributed by atoms with Crippen molar-refractivity contribution in [1.29, 1.82) is 5.41 Å². The number of aromatic hydroxyl groups is 1. The molecule has 242 valence electrons. The molecule has 11 N–H and O–H groups in total. The zero-order valence-electron chi connectivity index (χ0n) is 25.5. The molecule has 13 nitrogen and oxygen atoms in total. The van der Waals surface area contributed by atoms with E-state index in [1.165, 1.54) is 24.1 Å². The van der Waals surface area contributed by atoms with Gasteiger partial charge in [-0.25, -0.2) is 9.97 Å². The summed E-state index contributed by atoms with van der Waals surface area (Å²) in [5.74, 6) is -1.45. The number of hydrogen-bond donors (Lipinski definition) is 9. The number of guanidine groups is 1. The van der Waals surface area contributed by atoms with Gasteiger partial charge in [-0.1, -0.05) is 41.9 Å². The maximum absolute atomic E-state index is 12.3. The average Bonchev–Trinajstić information content (AvgIpc) is 2.99. The van der Waals surface area contributed by atoms with Gasteiger partial charge in [-0.05, 0) is 74.3 Å². The Kier molecular flexibility index (Phi) is 13.3. The zero-order chi connectivity index (χ0) is 32.9. The highest BCUT2D eigenvalue weighted by Crippen LogP contribution is 2.27. The lowest BCUT2D eigenvalue weighted by Crippen LogP contribution is -2.41. The van der Waals surface area contributed by atoms with Crippen LogP contribution in [0.2, 0.25) is 5.15 Å². The van der Waals surface area contributed by atoms with Crippen molar-refractivity contribution in [3.8, 4) is 5.75 Å². The van der Waals surface area contributed by atoms with Gasteiger partial charge in [0.05, 0.1) is 11.8 Å². The number of aliphatic hydroxyl groups is 1. The number of carbonyl (C=O) groups is 2. The van der Waals surface area contributed by atoms with Crippen LogP contribution in [0.15, 0.2) is 42.5 Å². The van der Waals surface area contributed by atoms with Crippen LogP contribution >= 0.6 is 11.6 Å².